The largest absolute Gasteiger partial charge is 0.410 e. The van der Waals surface area contributed by atoms with Gasteiger partial charge in [0.1, 0.15) is 5.71 Å². The molecule has 18 heavy (non-hydrogen) atoms. The standard InChI is InChI=1S/C14H14N2OS/c1-18-11-7-8-13(15)12(9-11)14(16-17)10-5-3-2-4-6-10/h2-9,17H,15H2,1H3. The lowest BCUT2D eigenvalue weighted by atomic mass is 10.0. The van der Waals surface area contributed by atoms with Crippen molar-refractivity contribution in [2.75, 3.05) is 12.0 Å². The third-order valence-corrected chi connectivity index (χ3v) is 3.39. The van der Waals surface area contributed by atoms with Crippen LogP contribution in [0.1, 0.15) is 11.1 Å². The van der Waals surface area contributed by atoms with Gasteiger partial charge in [0.05, 0.1) is 0 Å². The Bertz CT molecular complexity index is 567. The van der Waals surface area contributed by atoms with Crippen molar-refractivity contribution in [1.29, 1.82) is 0 Å². The van der Waals surface area contributed by atoms with E-state index < -0.39 is 0 Å². The molecule has 0 aromatic heterocycles. The molecule has 3 nitrogen and oxygen atoms in total. The summed E-state index contributed by atoms with van der Waals surface area (Å²) in [5.41, 5.74) is 8.63. The molecule has 0 unspecified atom stereocenters. The highest BCUT2D eigenvalue weighted by Crippen LogP contribution is 2.23. The minimum Gasteiger partial charge on any atom is -0.410 e. The van der Waals surface area contributed by atoms with Crippen molar-refractivity contribution >= 4 is 23.2 Å². The molecule has 0 saturated carbocycles. The molecule has 0 atom stereocenters. The van der Waals surface area contributed by atoms with Gasteiger partial charge in [-0.25, -0.2) is 0 Å². The van der Waals surface area contributed by atoms with Crippen LogP contribution in [0.15, 0.2) is 58.6 Å². The number of nitrogens with two attached hydrogens (primary N) is 1. The Morgan fingerprint density at radius 1 is 1.17 bits per heavy atom. The first-order valence-corrected chi connectivity index (χ1v) is 6.70. The van der Waals surface area contributed by atoms with Crippen LogP contribution in [0, 0.1) is 0 Å². The summed E-state index contributed by atoms with van der Waals surface area (Å²) < 4.78 is 0. The van der Waals surface area contributed by atoms with Crippen LogP contribution in [-0.4, -0.2) is 17.2 Å². The zero-order valence-corrected chi connectivity index (χ0v) is 10.8. The normalized spacial score (nSPS) is 11.5. The van der Waals surface area contributed by atoms with E-state index in [0.29, 0.717) is 11.4 Å². The van der Waals surface area contributed by atoms with E-state index in [1.54, 1.807) is 11.8 Å². The van der Waals surface area contributed by atoms with Crippen molar-refractivity contribution in [3.8, 4) is 0 Å². The first-order chi connectivity index (χ1) is 8.76. The fourth-order valence-electron chi connectivity index (χ4n) is 1.73. The predicted octanol–water partition coefficient (Wildman–Crippen LogP) is 3.22. The predicted molar refractivity (Wildman–Crippen MR) is 76.5 cm³/mol. The molecule has 2 aromatic rings. The van der Waals surface area contributed by atoms with Gasteiger partial charge in [0, 0.05) is 21.7 Å². The van der Waals surface area contributed by atoms with E-state index in [2.05, 4.69) is 5.16 Å². The Balaban J connectivity index is 2.52. The Hall–Kier alpha value is -1.94. The minimum absolute atomic E-state index is 0.490. The highest BCUT2D eigenvalue weighted by Gasteiger charge is 2.11. The number of hydrogen-bond donors (Lipinski definition) is 2. The molecule has 0 amide bonds. The lowest BCUT2D eigenvalue weighted by Crippen LogP contribution is -2.07. The van der Waals surface area contributed by atoms with E-state index >= 15 is 0 Å². The second-order valence-electron chi connectivity index (χ2n) is 3.77. The molecule has 0 aliphatic carbocycles. The summed E-state index contributed by atoms with van der Waals surface area (Å²) in [6, 6.07) is 15.2. The van der Waals surface area contributed by atoms with Gasteiger partial charge in [0.25, 0.3) is 0 Å². The van der Waals surface area contributed by atoms with Crippen LogP contribution >= 0.6 is 11.8 Å². The maximum absolute atomic E-state index is 9.25. The van der Waals surface area contributed by atoms with Crippen LogP contribution in [0.25, 0.3) is 0 Å². The molecule has 0 aliphatic heterocycles. The number of anilines is 1. The number of nitrogens with zero attached hydrogens (tertiary/aromatic N) is 1. The summed E-state index contributed by atoms with van der Waals surface area (Å²) in [6.07, 6.45) is 1.99. The van der Waals surface area contributed by atoms with Crippen LogP contribution in [-0.2, 0) is 0 Å². The van der Waals surface area contributed by atoms with Crippen LogP contribution in [0.3, 0.4) is 0 Å². The van der Waals surface area contributed by atoms with Crippen LogP contribution < -0.4 is 5.73 Å². The van der Waals surface area contributed by atoms with Crippen LogP contribution in [0.4, 0.5) is 5.69 Å². The number of nitrogen functional groups attached to an aromatic ring is 1. The first kappa shape index (κ1) is 12.5. The quantitative estimate of drug-likeness (QED) is 0.292. The summed E-state index contributed by atoms with van der Waals surface area (Å²) in [6.45, 7) is 0. The van der Waals surface area contributed by atoms with Crippen molar-refractivity contribution in [2.45, 2.75) is 4.90 Å². The van der Waals surface area contributed by atoms with Gasteiger partial charge in [-0.15, -0.1) is 11.8 Å². The fraction of sp³-hybridized carbons (Fsp3) is 0.0714. The SMILES string of the molecule is CSc1ccc(N)c(C(=NO)c2ccccc2)c1. The maximum atomic E-state index is 9.25. The average molecular weight is 258 g/mol. The lowest BCUT2D eigenvalue weighted by molar-refractivity contribution is 0.319. The molecule has 0 aliphatic rings. The van der Waals surface area contributed by atoms with Gasteiger partial charge in [0.2, 0.25) is 0 Å². The van der Waals surface area contributed by atoms with Crippen molar-refractivity contribution in [2.24, 2.45) is 5.16 Å². The zero-order valence-electron chi connectivity index (χ0n) is 10.00. The Morgan fingerprint density at radius 2 is 1.89 bits per heavy atom. The maximum Gasteiger partial charge on any atom is 0.119 e. The monoisotopic (exact) mass is 258 g/mol. The molecule has 2 rings (SSSR count). The molecule has 4 heteroatoms. The number of benzene rings is 2. The molecule has 2 aromatic carbocycles. The molecule has 0 spiro atoms. The highest BCUT2D eigenvalue weighted by atomic mass is 32.2. The van der Waals surface area contributed by atoms with Gasteiger partial charge in [-0.2, -0.15) is 0 Å². The van der Waals surface area contributed by atoms with Crippen molar-refractivity contribution in [3.05, 3.63) is 59.7 Å². The first-order valence-electron chi connectivity index (χ1n) is 5.47. The smallest absolute Gasteiger partial charge is 0.119 e. The summed E-state index contributed by atoms with van der Waals surface area (Å²) in [5.74, 6) is 0. The molecule has 0 bridgehead atoms. The Kier molecular flexibility index (Phi) is 3.89. The van der Waals surface area contributed by atoms with Gasteiger partial charge >= 0.3 is 0 Å². The topological polar surface area (TPSA) is 58.6 Å². The van der Waals surface area contributed by atoms with Crippen molar-refractivity contribution in [3.63, 3.8) is 0 Å². The van der Waals surface area contributed by atoms with Gasteiger partial charge in [-0.05, 0) is 24.5 Å². The molecular weight excluding hydrogens is 244 g/mol. The number of oxime groups is 1. The van der Waals surface area contributed by atoms with E-state index in [1.165, 1.54) is 0 Å². The lowest BCUT2D eigenvalue weighted by Gasteiger charge is -2.09. The van der Waals surface area contributed by atoms with Crippen LogP contribution in [0.2, 0.25) is 0 Å². The highest BCUT2D eigenvalue weighted by molar-refractivity contribution is 7.98. The molecule has 0 saturated heterocycles. The van der Waals surface area contributed by atoms with Gasteiger partial charge < -0.3 is 10.9 Å². The van der Waals surface area contributed by atoms with E-state index in [0.717, 1.165) is 16.0 Å². The number of hydrogen-bond acceptors (Lipinski definition) is 4. The third kappa shape index (κ3) is 2.49. The minimum atomic E-state index is 0.490. The van der Waals surface area contributed by atoms with Crippen molar-refractivity contribution < 1.29 is 5.21 Å². The van der Waals surface area contributed by atoms with Gasteiger partial charge in [-0.1, -0.05) is 35.5 Å². The number of rotatable bonds is 3. The molecular formula is C14H14N2OS. The average Bonchev–Trinajstić information content (AvgIpc) is 2.43. The van der Waals surface area contributed by atoms with E-state index in [4.69, 9.17) is 5.73 Å². The Labute approximate surface area is 110 Å². The second-order valence-corrected chi connectivity index (χ2v) is 4.65. The second kappa shape index (κ2) is 5.60. The third-order valence-electron chi connectivity index (χ3n) is 2.66. The van der Waals surface area contributed by atoms with E-state index in [-0.39, 0.29) is 0 Å². The molecule has 0 fully saturated rings. The summed E-state index contributed by atoms with van der Waals surface area (Å²) in [5, 5.41) is 12.6. The van der Waals surface area contributed by atoms with Gasteiger partial charge in [-0.3, -0.25) is 0 Å². The van der Waals surface area contributed by atoms with Crippen molar-refractivity contribution in [1.82, 2.24) is 0 Å². The molecule has 0 radical (unpaired) electrons. The Morgan fingerprint density at radius 3 is 2.50 bits per heavy atom. The molecule has 92 valence electrons. The van der Waals surface area contributed by atoms with E-state index in [9.17, 15) is 5.21 Å². The fourth-order valence-corrected chi connectivity index (χ4v) is 2.17. The summed E-state index contributed by atoms with van der Waals surface area (Å²) in [4.78, 5) is 1.08. The molecule has 0 heterocycles. The molecule has 3 N–H and O–H groups in total. The zero-order chi connectivity index (χ0) is 13.0. The van der Waals surface area contributed by atoms with E-state index in [1.807, 2.05) is 54.8 Å². The summed E-state index contributed by atoms with van der Waals surface area (Å²) in [7, 11) is 0. The summed E-state index contributed by atoms with van der Waals surface area (Å²) >= 11 is 1.62. The van der Waals surface area contributed by atoms with Crippen LogP contribution in [0.5, 0.6) is 0 Å². The number of thioether (sulfide) groups is 1. The van der Waals surface area contributed by atoms with Gasteiger partial charge in [0.15, 0.2) is 0 Å².